The summed E-state index contributed by atoms with van der Waals surface area (Å²) in [5.74, 6) is 1.29. The Hall–Kier alpha value is -1.62. The lowest BCUT2D eigenvalue weighted by molar-refractivity contribution is 0.373. The zero-order valence-corrected chi connectivity index (χ0v) is 7.76. The summed E-state index contributed by atoms with van der Waals surface area (Å²) in [6, 6.07) is 3.92. The largest absolute Gasteiger partial charge is 0.347 e. The van der Waals surface area contributed by atoms with Crippen LogP contribution in [-0.2, 0) is 13.0 Å². The number of nitrogens with zero attached hydrogens (tertiary/aromatic N) is 3. The topological polar surface area (TPSA) is 69.9 Å². The average Bonchev–Trinajstić information content (AvgIpc) is 2.79. The minimum absolute atomic E-state index is 0.533. The molecule has 2 aromatic heterocycles. The normalized spacial score (nSPS) is 10.6. The summed E-state index contributed by atoms with van der Waals surface area (Å²) >= 11 is 0. The standard InChI is InChI=1S/C9H12N4O/c10-4-3-9-11-8(12-14-9)7-13-5-1-2-6-13/h1-2,5-6H,3-4,7,10H2. The Morgan fingerprint density at radius 1 is 1.36 bits per heavy atom. The second-order valence-electron chi connectivity index (χ2n) is 3.00. The zero-order chi connectivity index (χ0) is 9.80. The van der Waals surface area contributed by atoms with Gasteiger partial charge in [-0.2, -0.15) is 4.98 Å². The molecule has 5 heteroatoms. The minimum atomic E-state index is 0.533. The summed E-state index contributed by atoms with van der Waals surface area (Å²) in [5.41, 5.74) is 5.37. The molecular formula is C9H12N4O. The monoisotopic (exact) mass is 192 g/mol. The van der Waals surface area contributed by atoms with Crippen molar-refractivity contribution in [2.24, 2.45) is 5.73 Å². The first-order valence-corrected chi connectivity index (χ1v) is 4.51. The van der Waals surface area contributed by atoms with Crippen LogP contribution in [0.5, 0.6) is 0 Å². The predicted molar refractivity (Wildman–Crippen MR) is 50.6 cm³/mol. The lowest BCUT2D eigenvalue weighted by Crippen LogP contribution is -2.03. The Morgan fingerprint density at radius 2 is 2.14 bits per heavy atom. The fourth-order valence-electron chi connectivity index (χ4n) is 1.22. The highest BCUT2D eigenvalue weighted by Crippen LogP contribution is 2.00. The molecule has 0 radical (unpaired) electrons. The van der Waals surface area contributed by atoms with E-state index in [1.54, 1.807) is 0 Å². The fourth-order valence-corrected chi connectivity index (χ4v) is 1.22. The molecule has 0 bridgehead atoms. The summed E-state index contributed by atoms with van der Waals surface area (Å²) in [7, 11) is 0. The van der Waals surface area contributed by atoms with Crippen LogP contribution in [0, 0.1) is 0 Å². The molecule has 0 atom stereocenters. The molecule has 0 amide bonds. The van der Waals surface area contributed by atoms with E-state index < -0.39 is 0 Å². The van der Waals surface area contributed by atoms with Gasteiger partial charge in [0.25, 0.3) is 0 Å². The van der Waals surface area contributed by atoms with Gasteiger partial charge in [-0.3, -0.25) is 0 Å². The summed E-state index contributed by atoms with van der Waals surface area (Å²) < 4.78 is 6.98. The molecule has 0 aromatic carbocycles. The highest BCUT2D eigenvalue weighted by atomic mass is 16.5. The Balaban J connectivity index is 2.03. The van der Waals surface area contributed by atoms with E-state index in [9.17, 15) is 0 Å². The van der Waals surface area contributed by atoms with E-state index in [0.717, 1.165) is 0 Å². The first-order valence-electron chi connectivity index (χ1n) is 4.51. The molecule has 2 aromatic rings. The summed E-state index contributed by atoms with van der Waals surface area (Å²) in [6.45, 7) is 1.17. The fraction of sp³-hybridized carbons (Fsp3) is 0.333. The van der Waals surface area contributed by atoms with Crippen molar-refractivity contribution in [3.63, 3.8) is 0 Å². The predicted octanol–water partition coefficient (Wildman–Crippen LogP) is 0.421. The van der Waals surface area contributed by atoms with Crippen LogP contribution in [0.1, 0.15) is 11.7 Å². The van der Waals surface area contributed by atoms with Crippen molar-refractivity contribution in [1.82, 2.24) is 14.7 Å². The van der Waals surface area contributed by atoms with E-state index in [4.69, 9.17) is 10.3 Å². The Kier molecular flexibility index (Phi) is 2.60. The minimum Gasteiger partial charge on any atom is -0.347 e. The van der Waals surface area contributed by atoms with Gasteiger partial charge in [0.1, 0.15) is 0 Å². The highest BCUT2D eigenvalue weighted by molar-refractivity contribution is 4.95. The third-order valence-electron chi connectivity index (χ3n) is 1.86. The van der Waals surface area contributed by atoms with Gasteiger partial charge in [-0.1, -0.05) is 5.16 Å². The second-order valence-corrected chi connectivity index (χ2v) is 3.00. The molecule has 2 N–H and O–H groups in total. The number of rotatable bonds is 4. The maximum atomic E-state index is 5.37. The molecule has 74 valence electrons. The Morgan fingerprint density at radius 3 is 2.86 bits per heavy atom. The number of aromatic nitrogens is 3. The van der Waals surface area contributed by atoms with Crippen LogP contribution in [0.3, 0.4) is 0 Å². The van der Waals surface area contributed by atoms with E-state index in [0.29, 0.717) is 31.2 Å². The van der Waals surface area contributed by atoms with Gasteiger partial charge < -0.3 is 14.8 Å². The molecule has 0 spiro atoms. The zero-order valence-electron chi connectivity index (χ0n) is 7.76. The van der Waals surface area contributed by atoms with E-state index in [1.165, 1.54) is 0 Å². The second kappa shape index (κ2) is 4.06. The van der Waals surface area contributed by atoms with Crippen molar-refractivity contribution in [2.75, 3.05) is 6.54 Å². The molecule has 0 aliphatic heterocycles. The molecule has 14 heavy (non-hydrogen) atoms. The first-order chi connectivity index (χ1) is 6.88. The molecule has 2 heterocycles. The van der Waals surface area contributed by atoms with E-state index in [1.807, 2.05) is 29.1 Å². The molecule has 2 rings (SSSR count). The lowest BCUT2D eigenvalue weighted by Gasteiger charge is -1.94. The third-order valence-corrected chi connectivity index (χ3v) is 1.86. The summed E-state index contributed by atoms with van der Waals surface area (Å²) in [4.78, 5) is 4.20. The van der Waals surface area contributed by atoms with Gasteiger partial charge in [-0.15, -0.1) is 0 Å². The van der Waals surface area contributed by atoms with Crippen molar-refractivity contribution in [3.8, 4) is 0 Å². The van der Waals surface area contributed by atoms with Crippen LogP contribution in [-0.4, -0.2) is 21.3 Å². The molecule has 0 unspecified atom stereocenters. The summed E-state index contributed by atoms with van der Waals surface area (Å²) in [5, 5.41) is 3.85. The molecule has 5 nitrogen and oxygen atoms in total. The van der Waals surface area contributed by atoms with Gasteiger partial charge in [-0.05, 0) is 12.1 Å². The molecule has 0 saturated heterocycles. The van der Waals surface area contributed by atoms with Crippen molar-refractivity contribution in [1.29, 1.82) is 0 Å². The van der Waals surface area contributed by atoms with E-state index in [2.05, 4.69) is 10.1 Å². The van der Waals surface area contributed by atoms with Crippen LogP contribution < -0.4 is 5.73 Å². The van der Waals surface area contributed by atoms with Gasteiger partial charge in [-0.25, -0.2) is 0 Å². The van der Waals surface area contributed by atoms with Gasteiger partial charge in [0, 0.05) is 25.4 Å². The van der Waals surface area contributed by atoms with Crippen LogP contribution in [0.2, 0.25) is 0 Å². The van der Waals surface area contributed by atoms with Gasteiger partial charge in [0.15, 0.2) is 5.82 Å². The van der Waals surface area contributed by atoms with Gasteiger partial charge >= 0.3 is 0 Å². The lowest BCUT2D eigenvalue weighted by atomic mass is 10.4. The SMILES string of the molecule is NCCc1nc(Cn2cccc2)no1. The third kappa shape index (κ3) is 2.00. The highest BCUT2D eigenvalue weighted by Gasteiger charge is 2.04. The Labute approximate surface area is 81.5 Å². The maximum absolute atomic E-state index is 5.37. The number of hydrogen-bond acceptors (Lipinski definition) is 4. The summed E-state index contributed by atoms with van der Waals surface area (Å²) in [6.07, 6.45) is 4.55. The first kappa shape index (κ1) is 8.96. The van der Waals surface area contributed by atoms with Crippen molar-refractivity contribution >= 4 is 0 Å². The number of nitrogens with two attached hydrogens (primary N) is 1. The van der Waals surface area contributed by atoms with Crippen molar-refractivity contribution < 1.29 is 4.52 Å². The van der Waals surface area contributed by atoms with Crippen molar-refractivity contribution in [3.05, 3.63) is 36.2 Å². The van der Waals surface area contributed by atoms with Gasteiger partial charge in [0.2, 0.25) is 5.89 Å². The average molecular weight is 192 g/mol. The molecule has 0 fully saturated rings. The number of hydrogen-bond donors (Lipinski definition) is 1. The van der Waals surface area contributed by atoms with Crippen LogP contribution >= 0.6 is 0 Å². The smallest absolute Gasteiger partial charge is 0.227 e. The van der Waals surface area contributed by atoms with Gasteiger partial charge in [0.05, 0.1) is 6.54 Å². The van der Waals surface area contributed by atoms with Crippen LogP contribution in [0.25, 0.3) is 0 Å². The van der Waals surface area contributed by atoms with E-state index in [-0.39, 0.29) is 0 Å². The maximum Gasteiger partial charge on any atom is 0.227 e. The Bertz CT molecular complexity index is 379. The molecule has 0 aliphatic rings. The molecule has 0 saturated carbocycles. The van der Waals surface area contributed by atoms with E-state index >= 15 is 0 Å². The van der Waals surface area contributed by atoms with Crippen molar-refractivity contribution in [2.45, 2.75) is 13.0 Å². The quantitative estimate of drug-likeness (QED) is 0.762. The molecule has 0 aliphatic carbocycles. The molecular weight excluding hydrogens is 180 g/mol. The van der Waals surface area contributed by atoms with Crippen LogP contribution in [0.15, 0.2) is 29.0 Å². The van der Waals surface area contributed by atoms with Crippen LogP contribution in [0.4, 0.5) is 0 Å².